The zero-order valence-corrected chi connectivity index (χ0v) is 19.8. The number of aromatic nitrogens is 1. The first-order valence-electron chi connectivity index (χ1n) is 10.3. The third-order valence-electron chi connectivity index (χ3n) is 5.94. The van der Waals surface area contributed by atoms with Gasteiger partial charge in [-0.2, -0.15) is 0 Å². The smallest absolute Gasteiger partial charge is 0.255 e. The number of hydrogen-bond acceptors (Lipinski definition) is 5. The summed E-state index contributed by atoms with van der Waals surface area (Å²) in [4.78, 5) is 21.6. The minimum Gasteiger partial charge on any atom is -0.368 e. The van der Waals surface area contributed by atoms with E-state index in [1.54, 1.807) is 6.07 Å². The molecule has 2 aliphatic rings. The number of hydrogen-bond donors (Lipinski definition) is 0. The lowest BCUT2D eigenvalue weighted by molar-refractivity contribution is 0.0745. The molecule has 0 N–H and O–H groups in total. The molecule has 9 heteroatoms. The largest absolute Gasteiger partial charge is 0.368 e. The van der Waals surface area contributed by atoms with Gasteiger partial charge in [-0.05, 0) is 50.5 Å². The van der Waals surface area contributed by atoms with Gasteiger partial charge in [0.15, 0.2) is 0 Å². The van der Waals surface area contributed by atoms with E-state index in [0.717, 1.165) is 18.7 Å². The van der Waals surface area contributed by atoms with Gasteiger partial charge in [0.2, 0.25) is 10.0 Å². The second-order valence-electron chi connectivity index (χ2n) is 8.17. The van der Waals surface area contributed by atoms with Crippen molar-refractivity contribution in [3.05, 3.63) is 52.7 Å². The zero-order valence-electron chi connectivity index (χ0n) is 18.2. The molecule has 0 bridgehead atoms. The summed E-state index contributed by atoms with van der Waals surface area (Å²) in [7, 11) is -3.28. The van der Waals surface area contributed by atoms with Crippen molar-refractivity contribution in [2.45, 2.75) is 27.2 Å². The molecule has 2 fully saturated rings. The number of piperazine rings is 1. The van der Waals surface area contributed by atoms with Crippen molar-refractivity contribution in [2.24, 2.45) is 0 Å². The molecular formula is C22H29ClN4O3S. The molecule has 0 spiro atoms. The number of carbonyl (C=O) groups excluding carboxylic acids is 1. The lowest BCUT2D eigenvalue weighted by atomic mass is 10.1. The highest BCUT2D eigenvalue weighted by Crippen LogP contribution is 2.26. The van der Waals surface area contributed by atoms with Crippen LogP contribution in [0.1, 0.15) is 33.5 Å². The van der Waals surface area contributed by atoms with Crippen molar-refractivity contribution in [2.75, 3.05) is 47.7 Å². The number of carbonyl (C=O) groups is 1. The van der Waals surface area contributed by atoms with Gasteiger partial charge in [0, 0.05) is 44.6 Å². The van der Waals surface area contributed by atoms with Crippen LogP contribution in [0.3, 0.4) is 0 Å². The Morgan fingerprint density at radius 3 is 2.26 bits per heavy atom. The number of nitrogens with zero attached hydrogens (tertiary/aromatic N) is 4. The summed E-state index contributed by atoms with van der Waals surface area (Å²) in [6.45, 7) is 9.36. The van der Waals surface area contributed by atoms with Crippen molar-refractivity contribution in [3.8, 4) is 0 Å². The molecule has 1 aromatic carbocycles. The van der Waals surface area contributed by atoms with Crippen LogP contribution < -0.4 is 9.21 Å². The fourth-order valence-electron chi connectivity index (χ4n) is 4.28. The van der Waals surface area contributed by atoms with Crippen LogP contribution in [-0.4, -0.2) is 62.7 Å². The Balaban J connectivity index is 0.00000272. The predicted octanol–water partition coefficient (Wildman–Crippen LogP) is 2.93. The fraction of sp³-hybridized carbons (Fsp3) is 0.455. The van der Waals surface area contributed by atoms with E-state index in [0.29, 0.717) is 37.4 Å². The molecule has 0 saturated carbocycles. The van der Waals surface area contributed by atoms with E-state index in [1.807, 2.05) is 11.8 Å². The SMILES string of the molecule is Cc1ccc(N2CCN(C(=O)c3cnc(N4CCCS4(=O)=O)cc3C)CC2)c(C)c1.Cl. The highest BCUT2D eigenvalue weighted by molar-refractivity contribution is 7.93. The molecule has 168 valence electrons. The molecule has 0 radical (unpaired) electrons. The van der Waals surface area contributed by atoms with E-state index in [2.05, 4.69) is 41.9 Å². The van der Waals surface area contributed by atoms with Crippen LogP contribution in [0.2, 0.25) is 0 Å². The summed E-state index contributed by atoms with van der Waals surface area (Å²) in [6.07, 6.45) is 2.13. The average molecular weight is 465 g/mol. The highest BCUT2D eigenvalue weighted by atomic mass is 35.5. The maximum Gasteiger partial charge on any atom is 0.255 e. The summed E-state index contributed by atoms with van der Waals surface area (Å²) < 4.78 is 25.6. The first kappa shape index (κ1) is 23.3. The number of pyridine rings is 1. The molecule has 2 aromatic rings. The van der Waals surface area contributed by atoms with E-state index in [1.165, 1.54) is 27.3 Å². The highest BCUT2D eigenvalue weighted by Gasteiger charge is 2.30. The molecule has 2 aliphatic heterocycles. The zero-order chi connectivity index (χ0) is 21.5. The number of benzene rings is 1. The van der Waals surface area contributed by atoms with Crippen molar-refractivity contribution in [1.82, 2.24) is 9.88 Å². The molecule has 2 saturated heterocycles. The quantitative estimate of drug-likeness (QED) is 0.698. The minimum atomic E-state index is -3.28. The van der Waals surface area contributed by atoms with Crippen LogP contribution in [-0.2, 0) is 10.0 Å². The molecule has 1 amide bonds. The fourth-order valence-corrected chi connectivity index (χ4v) is 5.79. The first-order chi connectivity index (χ1) is 14.3. The van der Waals surface area contributed by atoms with Crippen LogP contribution >= 0.6 is 12.4 Å². The van der Waals surface area contributed by atoms with Gasteiger partial charge in [-0.1, -0.05) is 17.7 Å². The average Bonchev–Trinajstić information content (AvgIpc) is 3.06. The van der Waals surface area contributed by atoms with E-state index >= 15 is 0 Å². The van der Waals surface area contributed by atoms with Gasteiger partial charge in [-0.15, -0.1) is 12.4 Å². The molecule has 0 unspecified atom stereocenters. The van der Waals surface area contributed by atoms with Gasteiger partial charge in [0.25, 0.3) is 5.91 Å². The molecule has 0 atom stereocenters. The standard InChI is InChI=1S/C22H28N4O3S.ClH/c1-16-5-6-20(18(3)13-16)24-8-10-25(11-9-24)22(27)19-15-23-21(14-17(19)2)26-7-4-12-30(26,28)29;/h5-6,13-15H,4,7-12H2,1-3H3;1H. The van der Waals surface area contributed by atoms with Gasteiger partial charge in [-0.3, -0.25) is 9.10 Å². The number of rotatable bonds is 3. The molecule has 3 heterocycles. The van der Waals surface area contributed by atoms with E-state index in [-0.39, 0.29) is 24.1 Å². The summed E-state index contributed by atoms with van der Waals surface area (Å²) in [5.74, 6) is 0.511. The maximum absolute atomic E-state index is 13.1. The second kappa shape index (κ2) is 9.04. The van der Waals surface area contributed by atoms with E-state index < -0.39 is 10.0 Å². The molecular weight excluding hydrogens is 436 g/mol. The number of halogens is 1. The summed E-state index contributed by atoms with van der Waals surface area (Å²) in [5, 5.41) is 0. The number of sulfonamides is 1. The van der Waals surface area contributed by atoms with Crippen molar-refractivity contribution in [3.63, 3.8) is 0 Å². The lowest BCUT2D eigenvalue weighted by Crippen LogP contribution is -2.49. The van der Waals surface area contributed by atoms with E-state index in [9.17, 15) is 13.2 Å². The van der Waals surface area contributed by atoms with Crippen molar-refractivity contribution in [1.29, 1.82) is 0 Å². The predicted molar refractivity (Wildman–Crippen MR) is 126 cm³/mol. The number of anilines is 2. The van der Waals surface area contributed by atoms with Crippen LogP contribution in [0.15, 0.2) is 30.5 Å². The summed E-state index contributed by atoms with van der Waals surface area (Å²) >= 11 is 0. The van der Waals surface area contributed by atoms with Crippen molar-refractivity contribution >= 4 is 39.8 Å². The monoisotopic (exact) mass is 464 g/mol. The Labute approximate surface area is 190 Å². The van der Waals surface area contributed by atoms with Gasteiger partial charge in [0.1, 0.15) is 5.82 Å². The Morgan fingerprint density at radius 2 is 1.68 bits per heavy atom. The van der Waals surface area contributed by atoms with Gasteiger partial charge in [0.05, 0.1) is 11.3 Å². The summed E-state index contributed by atoms with van der Waals surface area (Å²) in [6, 6.07) is 8.17. The summed E-state index contributed by atoms with van der Waals surface area (Å²) in [5.41, 5.74) is 5.02. The number of aryl methyl sites for hydroxylation is 3. The number of amides is 1. The minimum absolute atomic E-state index is 0. The Morgan fingerprint density at radius 1 is 0.968 bits per heavy atom. The molecule has 1 aromatic heterocycles. The third kappa shape index (κ3) is 4.65. The van der Waals surface area contributed by atoms with E-state index in [4.69, 9.17) is 0 Å². The Hall–Kier alpha value is -2.32. The van der Waals surface area contributed by atoms with Gasteiger partial charge >= 0.3 is 0 Å². The third-order valence-corrected chi connectivity index (χ3v) is 7.79. The maximum atomic E-state index is 13.1. The van der Waals surface area contributed by atoms with Crippen molar-refractivity contribution < 1.29 is 13.2 Å². The van der Waals surface area contributed by atoms with Crippen LogP contribution in [0, 0.1) is 20.8 Å². The Kier molecular flexibility index (Phi) is 6.81. The first-order valence-corrected chi connectivity index (χ1v) is 12.0. The van der Waals surface area contributed by atoms with Crippen LogP contribution in [0.5, 0.6) is 0 Å². The molecule has 0 aliphatic carbocycles. The lowest BCUT2D eigenvalue weighted by Gasteiger charge is -2.37. The van der Waals surface area contributed by atoms with Crippen LogP contribution in [0.25, 0.3) is 0 Å². The van der Waals surface area contributed by atoms with Crippen LogP contribution in [0.4, 0.5) is 11.5 Å². The van der Waals surface area contributed by atoms with Gasteiger partial charge in [-0.25, -0.2) is 13.4 Å². The second-order valence-corrected chi connectivity index (χ2v) is 10.2. The normalized spacial score (nSPS) is 18.1. The van der Waals surface area contributed by atoms with Gasteiger partial charge < -0.3 is 9.80 Å². The topological polar surface area (TPSA) is 73.8 Å². The Bertz CT molecular complexity index is 1080. The molecule has 7 nitrogen and oxygen atoms in total. The molecule has 31 heavy (non-hydrogen) atoms. The molecule has 4 rings (SSSR count).